The summed E-state index contributed by atoms with van der Waals surface area (Å²) in [7, 11) is -1.57. The first-order valence-electron chi connectivity index (χ1n) is 10.1. The number of amides is 2. The SMILES string of the molecule is C[C@@](N)(CN1CC(Oc2ccc(CCB(O)O)c(O)c2C(=O)O)C1)C(=O)NCCC(N)=O. The highest BCUT2D eigenvalue weighted by atomic mass is 16.5. The maximum Gasteiger partial charge on any atom is 0.451 e. The van der Waals surface area contributed by atoms with Gasteiger partial charge in [-0.15, -0.1) is 0 Å². The first kappa shape index (κ1) is 25.4. The number of carbonyl (C=O) groups excluding carboxylic acids is 2. The lowest BCUT2D eigenvalue weighted by Gasteiger charge is -2.42. The molecule has 2 rings (SSSR count). The van der Waals surface area contributed by atoms with Crippen LogP contribution in [0.5, 0.6) is 11.5 Å². The van der Waals surface area contributed by atoms with Crippen LogP contribution in [0.2, 0.25) is 6.32 Å². The van der Waals surface area contributed by atoms with Crippen molar-refractivity contribution in [3.05, 3.63) is 23.3 Å². The van der Waals surface area contributed by atoms with Crippen LogP contribution in [0.25, 0.3) is 0 Å². The summed E-state index contributed by atoms with van der Waals surface area (Å²) in [4.78, 5) is 36.5. The number of hydrogen-bond acceptors (Lipinski definition) is 9. The Labute approximate surface area is 185 Å². The summed E-state index contributed by atoms with van der Waals surface area (Å²) >= 11 is 0. The average molecular weight is 452 g/mol. The van der Waals surface area contributed by atoms with Crippen molar-refractivity contribution in [1.82, 2.24) is 10.2 Å². The zero-order chi connectivity index (χ0) is 24.1. The van der Waals surface area contributed by atoms with Gasteiger partial charge in [0, 0.05) is 32.6 Å². The number of ether oxygens (including phenoxy) is 1. The molecule has 1 aromatic rings. The Kier molecular flexibility index (Phi) is 8.44. The molecule has 1 saturated heterocycles. The smallest absolute Gasteiger partial charge is 0.451 e. The Hall–Kier alpha value is -2.87. The molecule has 0 radical (unpaired) electrons. The molecule has 0 saturated carbocycles. The van der Waals surface area contributed by atoms with E-state index in [2.05, 4.69) is 5.32 Å². The number of hydrogen-bond donors (Lipinski definition) is 7. The number of nitrogens with two attached hydrogens (primary N) is 2. The molecule has 0 spiro atoms. The fourth-order valence-electron chi connectivity index (χ4n) is 3.35. The Morgan fingerprint density at radius 1 is 1.31 bits per heavy atom. The third-order valence-electron chi connectivity index (χ3n) is 5.05. The Morgan fingerprint density at radius 3 is 2.53 bits per heavy atom. The van der Waals surface area contributed by atoms with E-state index in [9.17, 15) is 24.6 Å². The molecule has 1 aliphatic heterocycles. The molecule has 1 aliphatic rings. The van der Waals surface area contributed by atoms with Gasteiger partial charge in [0.1, 0.15) is 28.7 Å². The van der Waals surface area contributed by atoms with E-state index in [-0.39, 0.29) is 49.7 Å². The summed E-state index contributed by atoms with van der Waals surface area (Å²) in [6, 6.07) is 2.90. The van der Waals surface area contributed by atoms with E-state index in [0.29, 0.717) is 13.1 Å². The van der Waals surface area contributed by atoms with Gasteiger partial charge in [0.15, 0.2) is 0 Å². The third kappa shape index (κ3) is 6.82. The number of benzene rings is 1. The molecule has 12 nitrogen and oxygen atoms in total. The maximum absolute atomic E-state index is 12.2. The average Bonchev–Trinajstić information content (AvgIpc) is 2.64. The molecule has 0 aromatic heterocycles. The number of rotatable bonds is 12. The topological polar surface area (TPSA) is 209 Å². The number of aryl methyl sites for hydroxylation is 1. The molecule has 176 valence electrons. The van der Waals surface area contributed by atoms with Crippen LogP contribution in [0.15, 0.2) is 12.1 Å². The van der Waals surface area contributed by atoms with E-state index in [1.54, 1.807) is 6.92 Å². The molecule has 1 heterocycles. The predicted molar refractivity (Wildman–Crippen MR) is 114 cm³/mol. The van der Waals surface area contributed by atoms with Crippen molar-refractivity contribution >= 4 is 24.9 Å². The normalized spacial score (nSPS) is 16.0. The summed E-state index contributed by atoms with van der Waals surface area (Å²) in [6.45, 7) is 2.65. The third-order valence-corrected chi connectivity index (χ3v) is 5.05. The number of aromatic carboxylic acids is 1. The largest absolute Gasteiger partial charge is 0.507 e. The van der Waals surface area contributed by atoms with E-state index in [4.69, 9.17) is 26.3 Å². The van der Waals surface area contributed by atoms with Crippen molar-refractivity contribution in [3.63, 3.8) is 0 Å². The number of carbonyl (C=O) groups is 3. The lowest BCUT2D eigenvalue weighted by molar-refractivity contribution is -0.127. The summed E-state index contributed by atoms with van der Waals surface area (Å²) in [5.74, 6) is -2.81. The van der Waals surface area contributed by atoms with Gasteiger partial charge >= 0.3 is 13.1 Å². The second-order valence-electron chi connectivity index (χ2n) is 8.09. The van der Waals surface area contributed by atoms with Gasteiger partial charge in [-0.3, -0.25) is 14.5 Å². The van der Waals surface area contributed by atoms with Gasteiger partial charge in [-0.2, -0.15) is 0 Å². The summed E-state index contributed by atoms with van der Waals surface area (Å²) in [5, 5.41) is 40.3. The molecule has 1 aromatic carbocycles. The van der Waals surface area contributed by atoms with Crippen molar-refractivity contribution in [2.75, 3.05) is 26.2 Å². The van der Waals surface area contributed by atoms with Crippen LogP contribution in [-0.4, -0.2) is 87.9 Å². The van der Waals surface area contributed by atoms with Gasteiger partial charge in [-0.25, -0.2) is 4.79 Å². The number of likely N-dealkylation sites (tertiary alicyclic amines) is 1. The molecule has 1 atom stereocenters. The minimum absolute atomic E-state index is 0.00680. The number of phenols is 1. The summed E-state index contributed by atoms with van der Waals surface area (Å²) in [5.41, 5.74) is 9.76. The van der Waals surface area contributed by atoms with E-state index in [1.807, 2.05) is 4.90 Å². The molecule has 1 fully saturated rings. The van der Waals surface area contributed by atoms with Crippen LogP contribution in [0.3, 0.4) is 0 Å². The van der Waals surface area contributed by atoms with E-state index in [1.165, 1.54) is 12.1 Å². The zero-order valence-electron chi connectivity index (χ0n) is 17.8. The van der Waals surface area contributed by atoms with Gasteiger partial charge in [0.2, 0.25) is 11.8 Å². The number of nitrogens with zero attached hydrogens (tertiary/aromatic N) is 1. The van der Waals surface area contributed by atoms with Crippen LogP contribution < -0.4 is 21.5 Å². The Bertz CT molecular complexity index is 858. The molecule has 0 bridgehead atoms. The Morgan fingerprint density at radius 2 is 1.97 bits per heavy atom. The van der Waals surface area contributed by atoms with Crippen molar-refractivity contribution in [2.24, 2.45) is 11.5 Å². The monoisotopic (exact) mass is 452 g/mol. The van der Waals surface area contributed by atoms with Crippen molar-refractivity contribution in [2.45, 2.75) is 37.7 Å². The van der Waals surface area contributed by atoms with Crippen LogP contribution in [0, 0.1) is 0 Å². The van der Waals surface area contributed by atoms with Crippen LogP contribution >= 0.6 is 0 Å². The van der Waals surface area contributed by atoms with Gasteiger partial charge in [0.25, 0.3) is 0 Å². The van der Waals surface area contributed by atoms with Gasteiger partial charge in [-0.05, 0) is 31.3 Å². The van der Waals surface area contributed by atoms with E-state index < -0.39 is 41.8 Å². The molecule has 0 aliphatic carbocycles. The molecular formula is C19H29BN4O8. The lowest BCUT2D eigenvalue weighted by atomic mass is 9.82. The maximum atomic E-state index is 12.2. The number of aromatic hydroxyl groups is 1. The highest BCUT2D eigenvalue weighted by Crippen LogP contribution is 2.34. The minimum atomic E-state index is -1.57. The van der Waals surface area contributed by atoms with Crippen LogP contribution in [0.1, 0.15) is 29.3 Å². The molecule has 2 amide bonds. The van der Waals surface area contributed by atoms with Gasteiger partial charge in [0.05, 0.1) is 0 Å². The fourth-order valence-corrected chi connectivity index (χ4v) is 3.35. The molecular weight excluding hydrogens is 423 g/mol. The van der Waals surface area contributed by atoms with E-state index in [0.717, 1.165) is 0 Å². The number of carboxylic acids is 1. The molecule has 13 heteroatoms. The molecule has 9 N–H and O–H groups in total. The predicted octanol–water partition coefficient (Wildman–Crippen LogP) is -2.12. The standard InChI is InChI=1S/C19H29BN4O8/c1-19(22,18(29)23-7-5-14(21)25)10-24-8-12(9-24)32-13-3-2-11(4-6-20(30)31)16(26)15(13)17(27)28/h2-3,12,26,30-31H,4-10,22H2,1H3,(H2,21,25)(H,23,29)(H,27,28)/t19-/m1/s1. The van der Waals surface area contributed by atoms with Crippen molar-refractivity contribution < 1.29 is 39.4 Å². The first-order valence-corrected chi connectivity index (χ1v) is 10.1. The lowest BCUT2D eigenvalue weighted by Crippen LogP contribution is -2.64. The molecule has 32 heavy (non-hydrogen) atoms. The van der Waals surface area contributed by atoms with Crippen molar-refractivity contribution in [3.8, 4) is 11.5 Å². The van der Waals surface area contributed by atoms with E-state index >= 15 is 0 Å². The number of nitrogens with one attached hydrogen (secondary N) is 1. The molecule has 0 unspecified atom stereocenters. The summed E-state index contributed by atoms with van der Waals surface area (Å²) in [6.07, 6.45) is -0.332. The summed E-state index contributed by atoms with van der Waals surface area (Å²) < 4.78 is 5.73. The van der Waals surface area contributed by atoms with Crippen LogP contribution in [-0.2, 0) is 16.0 Å². The second kappa shape index (κ2) is 10.6. The first-order chi connectivity index (χ1) is 14.9. The Balaban J connectivity index is 1.93. The van der Waals surface area contributed by atoms with Gasteiger partial charge in [-0.1, -0.05) is 6.07 Å². The van der Waals surface area contributed by atoms with Crippen molar-refractivity contribution in [1.29, 1.82) is 0 Å². The zero-order valence-corrected chi connectivity index (χ0v) is 17.8. The number of primary amides is 1. The number of carboxylic acid groups (broad SMARTS) is 1. The fraction of sp³-hybridized carbons (Fsp3) is 0.526. The quantitative estimate of drug-likeness (QED) is 0.171. The minimum Gasteiger partial charge on any atom is -0.507 e. The highest BCUT2D eigenvalue weighted by Gasteiger charge is 2.37. The van der Waals surface area contributed by atoms with Crippen LogP contribution in [0.4, 0.5) is 0 Å². The highest BCUT2D eigenvalue weighted by molar-refractivity contribution is 6.41. The van der Waals surface area contributed by atoms with Gasteiger partial charge < -0.3 is 41.8 Å². The second-order valence-corrected chi connectivity index (χ2v) is 8.09.